The molecule has 0 amide bonds. The normalized spacial score (nSPS) is 23.4. The van der Waals surface area contributed by atoms with Crippen LogP contribution in [0.15, 0.2) is 0 Å². The van der Waals surface area contributed by atoms with Gasteiger partial charge in [0.25, 0.3) is 0 Å². The standard InChI is InChI=1S/C11H18O2.HI/c12-11(9-5-1-2-6-9)13-10-7-3-4-8-10;/h9-10H,1-8H2;1H. The third-order valence-electron chi connectivity index (χ3n) is 3.27. The molecule has 0 aromatic heterocycles. The highest BCUT2D eigenvalue weighted by atomic mass is 127. The monoisotopic (exact) mass is 310 g/mol. The van der Waals surface area contributed by atoms with E-state index in [4.69, 9.17) is 4.74 Å². The van der Waals surface area contributed by atoms with Crippen molar-refractivity contribution < 1.29 is 9.53 Å². The molecule has 0 atom stereocenters. The number of hydrogen-bond donors (Lipinski definition) is 0. The van der Waals surface area contributed by atoms with Crippen LogP contribution in [0.3, 0.4) is 0 Å². The third-order valence-corrected chi connectivity index (χ3v) is 3.27. The molecule has 2 fully saturated rings. The van der Waals surface area contributed by atoms with Crippen molar-refractivity contribution in [1.82, 2.24) is 0 Å². The maximum Gasteiger partial charge on any atom is 0.309 e. The predicted molar refractivity (Wildman–Crippen MR) is 65.7 cm³/mol. The van der Waals surface area contributed by atoms with Crippen molar-refractivity contribution in [3.63, 3.8) is 0 Å². The van der Waals surface area contributed by atoms with Gasteiger partial charge in [-0.3, -0.25) is 4.79 Å². The maximum atomic E-state index is 11.6. The van der Waals surface area contributed by atoms with Gasteiger partial charge in [-0.15, -0.1) is 24.0 Å². The van der Waals surface area contributed by atoms with Gasteiger partial charge in [0.1, 0.15) is 6.10 Å². The van der Waals surface area contributed by atoms with Gasteiger partial charge in [-0.05, 0) is 38.5 Å². The van der Waals surface area contributed by atoms with E-state index in [1.807, 2.05) is 0 Å². The fourth-order valence-electron chi connectivity index (χ4n) is 2.43. The second-order valence-electron chi connectivity index (χ2n) is 4.32. The lowest BCUT2D eigenvalue weighted by molar-refractivity contribution is -0.153. The summed E-state index contributed by atoms with van der Waals surface area (Å²) in [6, 6.07) is 0. The van der Waals surface area contributed by atoms with E-state index in [9.17, 15) is 4.79 Å². The SMILES string of the molecule is I.O=C(OC1CCCC1)C1CCCC1. The van der Waals surface area contributed by atoms with Crippen LogP contribution in [0.2, 0.25) is 0 Å². The highest BCUT2D eigenvalue weighted by Gasteiger charge is 2.27. The van der Waals surface area contributed by atoms with Gasteiger partial charge in [-0.1, -0.05) is 12.8 Å². The van der Waals surface area contributed by atoms with E-state index in [0.29, 0.717) is 0 Å². The van der Waals surface area contributed by atoms with Crippen LogP contribution < -0.4 is 0 Å². The molecular formula is C11H19IO2. The summed E-state index contributed by atoms with van der Waals surface area (Å²) < 4.78 is 5.46. The lowest BCUT2D eigenvalue weighted by atomic mass is 10.1. The first-order valence-corrected chi connectivity index (χ1v) is 5.57. The third kappa shape index (κ3) is 3.11. The number of carbonyl (C=O) groups is 1. The summed E-state index contributed by atoms with van der Waals surface area (Å²) >= 11 is 0. The summed E-state index contributed by atoms with van der Waals surface area (Å²) in [5, 5.41) is 0. The highest BCUT2D eigenvalue weighted by Crippen LogP contribution is 2.28. The van der Waals surface area contributed by atoms with Crippen LogP contribution in [0.5, 0.6) is 0 Å². The Bertz CT molecular complexity index is 182. The Kier molecular flexibility index (Phi) is 5.20. The molecule has 0 spiro atoms. The average Bonchev–Trinajstić information content (AvgIpc) is 2.74. The highest BCUT2D eigenvalue weighted by molar-refractivity contribution is 14.0. The Hall–Kier alpha value is 0.200. The van der Waals surface area contributed by atoms with E-state index in [1.54, 1.807) is 0 Å². The molecule has 0 aromatic rings. The van der Waals surface area contributed by atoms with Crippen molar-refractivity contribution in [2.45, 2.75) is 57.5 Å². The van der Waals surface area contributed by atoms with Crippen LogP contribution in [0, 0.1) is 5.92 Å². The van der Waals surface area contributed by atoms with Gasteiger partial charge in [-0.25, -0.2) is 0 Å². The summed E-state index contributed by atoms with van der Waals surface area (Å²) in [4.78, 5) is 11.6. The lowest BCUT2D eigenvalue weighted by Gasteiger charge is -2.14. The fourth-order valence-corrected chi connectivity index (χ4v) is 2.43. The van der Waals surface area contributed by atoms with Crippen molar-refractivity contribution in [1.29, 1.82) is 0 Å². The zero-order chi connectivity index (χ0) is 9.10. The molecule has 0 N–H and O–H groups in total. The maximum absolute atomic E-state index is 11.6. The van der Waals surface area contributed by atoms with E-state index >= 15 is 0 Å². The van der Waals surface area contributed by atoms with Crippen LogP contribution in [0.25, 0.3) is 0 Å². The molecule has 14 heavy (non-hydrogen) atoms. The minimum Gasteiger partial charge on any atom is -0.462 e. The number of esters is 1. The Balaban J connectivity index is 0.000000980. The Morgan fingerprint density at radius 3 is 2.00 bits per heavy atom. The van der Waals surface area contributed by atoms with Gasteiger partial charge in [0, 0.05) is 0 Å². The van der Waals surface area contributed by atoms with E-state index < -0.39 is 0 Å². The molecule has 0 radical (unpaired) electrons. The van der Waals surface area contributed by atoms with E-state index in [0.717, 1.165) is 25.7 Å². The second-order valence-corrected chi connectivity index (χ2v) is 4.32. The van der Waals surface area contributed by atoms with E-state index in [-0.39, 0.29) is 42.0 Å². The van der Waals surface area contributed by atoms with Gasteiger partial charge in [0.05, 0.1) is 5.92 Å². The van der Waals surface area contributed by atoms with Crippen molar-refractivity contribution >= 4 is 29.9 Å². The fraction of sp³-hybridized carbons (Fsp3) is 0.909. The number of halogens is 1. The van der Waals surface area contributed by atoms with Gasteiger partial charge >= 0.3 is 5.97 Å². The van der Waals surface area contributed by atoms with Crippen molar-refractivity contribution in [3.8, 4) is 0 Å². The van der Waals surface area contributed by atoms with Crippen LogP contribution >= 0.6 is 24.0 Å². The molecule has 0 bridgehead atoms. The molecular weight excluding hydrogens is 291 g/mol. The topological polar surface area (TPSA) is 26.3 Å². The Labute approximate surface area is 103 Å². The van der Waals surface area contributed by atoms with Crippen molar-refractivity contribution in [2.24, 2.45) is 5.92 Å². The molecule has 2 saturated carbocycles. The van der Waals surface area contributed by atoms with Gasteiger partial charge in [0.2, 0.25) is 0 Å². The molecule has 2 aliphatic carbocycles. The molecule has 0 unspecified atom stereocenters. The summed E-state index contributed by atoms with van der Waals surface area (Å²) in [5.41, 5.74) is 0. The van der Waals surface area contributed by atoms with Gasteiger partial charge in [-0.2, -0.15) is 0 Å². The van der Waals surface area contributed by atoms with Crippen molar-refractivity contribution in [3.05, 3.63) is 0 Å². The summed E-state index contributed by atoms with van der Waals surface area (Å²) in [5.74, 6) is 0.324. The molecule has 0 aliphatic heterocycles. The molecule has 2 aliphatic rings. The lowest BCUT2D eigenvalue weighted by Crippen LogP contribution is -2.20. The molecule has 0 saturated heterocycles. The Morgan fingerprint density at radius 2 is 1.43 bits per heavy atom. The van der Waals surface area contributed by atoms with Crippen LogP contribution in [0.4, 0.5) is 0 Å². The number of ether oxygens (including phenoxy) is 1. The first-order chi connectivity index (χ1) is 6.36. The number of carbonyl (C=O) groups excluding carboxylic acids is 1. The van der Waals surface area contributed by atoms with E-state index in [1.165, 1.54) is 25.7 Å². The van der Waals surface area contributed by atoms with Crippen LogP contribution in [-0.4, -0.2) is 12.1 Å². The quantitative estimate of drug-likeness (QED) is 0.578. The molecule has 3 heteroatoms. The smallest absolute Gasteiger partial charge is 0.309 e. The summed E-state index contributed by atoms with van der Waals surface area (Å²) in [6.45, 7) is 0. The van der Waals surface area contributed by atoms with Crippen LogP contribution in [0.1, 0.15) is 51.4 Å². The number of hydrogen-bond acceptors (Lipinski definition) is 2. The minimum absolute atomic E-state index is 0. The summed E-state index contributed by atoms with van der Waals surface area (Å²) in [7, 11) is 0. The zero-order valence-electron chi connectivity index (χ0n) is 8.54. The van der Waals surface area contributed by atoms with Crippen LogP contribution in [-0.2, 0) is 9.53 Å². The predicted octanol–water partition coefficient (Wildman–Crippen LogP) is 3.28. The average molecular weight is 310 g/mol. The molecule has 0 heterocycles. The Morgan fingerprint density at radius 1 is 0.929 bits per heavy atom. The van der Waals surface area contributed by atoms with Gasteiger partial charge in [0.15, 0.2) is 0 Å². The van der Waals surface area contributed by atoms with E-state index in [2.05, 4.69) is 0 Å². The second kappa shape index (κ2) is 5.93. The zero-order valence-corrected chi connectivity index (χ0v) is 10.9. The van der Waals surface area contributed by atoms with Gasteiger partial charge < -0.3 is 4.74 Å². The molecule has 2 nitrogen and oxygen atoms in total. The first-order valence-electron chi connectivity index (χ1n) is 5.57. The molecule has 82 valence electrons. The minimum atomic E-state index is 0. The number of rotatable bonds is 2. The molecule has 2 rings (SSSR count). The first kappa shape index (κ1) is 12.3. The largest absolute Gasteiger partial charge is 0.462 e. The summed E-state index contributed by atoms with van der Waals surface area (Å²) in [6.07, 6.45) is 9.47. The molecule has 0 aromatic carbocycles. The van der Waals surface area contributed by atoms with Crippen molar-refractivity contribution in [2.75, 3.05) is 0 Å².